The van der Waals surface area contributed by atoms with Crippen molar-refractivity contribution in [2.75, 3.05) is 13.2 Å². The molecule has 2 fully saturated rings. The van der Waals surface area contributed by atoms with Gasteiger partial charge in [0, 0.05) is 18.5 Å². The number of ketones is 1. The lowest BCUT2D eigenvalue weighted by Crippen LogP contribution is -2.77. The van der Waals surface area contributed by atoms with Gasteiger partial charge in [-0.15, -0.1) is 0 Å². The summed E-state index contributed by atoms with van der Waals surface area (Å²) in [6, 6.07) is 3.67. The Balaban J connectivity index is 1.73. The summed E-state index contributed by atoms with van der Waals surface area (Å²) in [6.45, 7) is 4.53. The molecule has 2 bridgehead atoms. The first-order valence-electron chi connectivity index (χ1n) is 9.42. The van der Waals surface area contributed by atoms with Crippen LogP contribution in [0.5, 0.6) is 5.75 Å². The minimum absolute atomic E-state index is 0.0569. The van der Waals surface area contributed by atoms with E-state index in [1.807, 2.05) is 13.0 Å². The molecule has 26 heavy (non-hydrogen) atoms. The first-order valence-corrected chi connectivity index (χ1v) is 9.42. The van der Waals surface area contributed by atoms with Gasteiger partial charge in [-0.05, 0) is 44.2 Å². The molecule has 4 aliphatic rings. The molecular weight excluding hydrogens is 334 g/mol. The highest BCUT2D eigenvalue weighted by Gasteiger charge is 2.73. The highest BCUT2D eigenvalue weighted by atomic mass is 16.6. The predicted molar refractivity (Wildman–Crippen MR) is 92.3 cm³/mol. The molecule has 6 nitrogen and oxygen atoms in total. The number of likely N-dealkylation sites (tertiary alicyclic amines) is 1. The summed E-state index contributed by atoms with van der Waals surface area (Å²) >= 11 is 0. The minimum Gasteiger partial charge on any atom is -0.481 e. The van der Waals surface area contributed by atoms with Gasteiger partial charge in [0.15, 0.2) is 11.9 Å². The van der Waals surface area contributed by atoms with Crippen molar-refractivity contribution in [1.29, 1.82) is 0 Å². The summed E-state index contributed by atoms with van der Waals surface area (Å²) < 4.78 is 11.4. The second-order valence-corrected chi connectivity index (χ2v) is 7.97. The van der Waals surface area contributed by atoms with Crippen molar-refractivity contribution < 1.29 is 24.2 Å². The topological polar surface area (TPSA) is 76.1 Å². The van der Waals surface area contributed by atoms with E-state index in [-0.39, 0.29) is 18.3 Å². The quantitative estimate of drug-likeness (QED) is 0.830. The molecule has 2 aliphatic carbocycles. The molecule has 4 atom stereocenters. The lowest BCUT2D eigenvalue weighted by molar-refractivity contribution is -0.183. The maximum absolute atomic E-state index is 12.8. The number of carbonyl (C=O) groups excluding carboxylic acids is 2. The largest absolute Gasteiger partial charge is 0.481 e. The number of piperidine rings is 1. The average molecular weight is 357 g/mol. The highest BCUT2D eigenvalue weighted by molar-refractivity contribution is 5.90. The third-order valence-electron chi connectivity index (χ3n) is 6.98. The molecule has 138 valence electrons. The molecule has 1 spiro atoms. The number of hydrogen-bond acceptors (Lipinski definition) is 5. The van der Waals surface area contributed by atoms with E-state index in [9.17, 15) is 14.7 Å². The van der Waals surface area contributed by atoms with E-state index >= 15 is 0 Å². The molecule has 1 aromatic carbocycles. The van der Waals surface area contributed by atoms with Crippen molar-refractivity contribution in [2.45, 2.75) is 62.7 Å². The van der Waals surface area contributed by atoms with Crippen molar-refractivity contribution in [2.24, 2.45) is 0 Å². The number of carbonyl (C=O) groups is 2. The molecule has 1 amide bonds. The molecule has 1 saturated carbocycles. The number of aliphatic hydroxyl groups is 1. The molecule has 5 rings (SSSR count). The summed E-state index contributed by atoms with van der Waals surface area (Å²) in [5, 5.41) is 11.9. The van der Waals surface area contributed by atoms with Gasteiger partial charge in [-0.2, -0.15) is 0 Å². The van der Waals surface area contributed by atoms with Crippen LogP contribution < -0.4 is 4.74 Å². The summed E-state index contributed by atoms with van der Waals surface area (Å²) in [7, 11) is 0. The molecule has 6 heteroatoms. The Morgan fingerprint density at radius 3 is 3.00 bits per heavy atom. The van der Waals surface area contributed by atoms with E-state index in [0.29, 0.717) is 32.4 Å². The third-order valence-corrected chi connectivity index (χ3v) is 6.98. The molecule has 2 heterocycles. The van der Waals surface area contributed by atoms with Crippen LogP contribution in [-0.4, -0.2) is 52.8 Å². The van der Waals surface area contributed by atoms with E-state index in [4.69, 9.17) is 9.47 Å². The van der Waals surface area contributed by atoms with Crippen molar-refractivity contribution in [3.05, 3.63) is 28.8 Å². The Morgan fingerprint density at radius 1 is 1.42 bits per heavy atom. The van der Waals surface area contributed by atoms with Crippen LogP contribution in [0.25, 0.3) is 0 Å². The number of Topliss-reactive ketones (excluding diaryl/α,β-unsaturated/α-hetero) is 1. The zero-order valence-corrected chi connectivity index (χ0v) is 15.1. The first kappa shape index (κ1) is 16.1. The fourth-order valence-corrected chi connectivity index (χ4v) is 5.90. The first-order chi connectivity index (χ1) is 12.4. The SMILES string of the molecule is CCOC(=O)N1CCC23c4c5ccc(C)c4OC2C(=O)CCC3(O)C1C5. The second-order valence-electron chi connectivity index (χ2n) is 7.97. The molecule has 0 aromatic heterocycles. The van der Waals surface area contributed by atoms with Gasteiger partial charge in [-0.3, -0.25) is 4.79 Å². The third kappa shape index (κ3) is 1.62. The molecule has 1 aromatic rings. The molecule has 0 radical (unpaired) electrons. The number of aryl methyl sites for hydroxylation is 1. The van der Waals surface area contributed by atoms with E-state index < -0.39 is 23.2 Å². The summed E-state index contributed by atoms with van der Waals surface area (Å²) in [6.07, 6.45) is 0.673. The number of benzene rings is 1. The second kappa shape index (κ2) is 5.00. The van der Waals surface area contributed by atoms with Crippen molar-refractivity contribution in [3.63, 3.8) is 0 Å². The summed E-state index contributed by atoms with van der Waals surface area (Å²) in [4.78, 5) is 27.0. The van der Waals surface area contributed by atoms with Gasteiger partial charge in [-0.1, -0.05) is 12.1 Å². The van der Waals surface area contributed by atoms with Crippen LogP contribution in [0.15, 0.2) is 12.1 Å². The Hall–Kier alpha value is -2.08. The fraction of sp³-hybridized carbons (Fsp3) is 0.600. The summed E-state index contributed by atoms with van der Waals surface area (Å²) in [5.74, 6) is 0.825. The highest BCUT2D eigenvalue weighted by Crippen LogP contribution is 2.63. The maximum Gasteiger partial charge on any atom is 0.410 e. The number of amides is 1. The van der Waals surface area contributed by atoms with E-state index in [1.165, 1.54) is 0 Å². The van der Waals surface area contributed by atoms with E-state index in [1.54, 1.807) is 11.8 Å². The van der Waals surface area contributed by atoms with E-state index in [0.717, 1.165) is 22.4 Å². The van der Waals surface area contributed by atoms with Crippen LogP contribution in [0.1, 0.15) is 42.9 Å². The monoisotopic (exact) mass is 357 g/mol. The molecule has 1 N–H and O–H groups in total. The Morgan fingerprint density at radius 2 is 2.23 bits per heavy atom. The minimum atomic E-state index is -1.16. The zero-order chi connectivity index (χ0) is 18.3. The Kier molecular flexibility index (Phi) is 3.10. The van der Waals surface area contributed by atoms with Crippen LogP contribution in [-0.2, 0) is 21.4 Å². The Bertz CT molecular complexity index is 836. The van der Waals surface area contributed by atoms with Gasteiger partial charge >= 0.3 is 6.09 Å². The zero-order valence-electron chi connectivity index (χ0n) is 15.1. The van der Waals surface area contributed by atoms with Crippen molar-refractivity contribution >= 4 is 11.9 Å². The number of nitrogens with zero attached hydrogens (tertiary/aromatic N) is 1. The number of hydrogen-bond donors (Lipinski definition) is 1. The van der Waals surface area contributed by atoms with Crippen molar-refractivity contribution in [3.8, 4) is 5.75 Å². The molecular formula is C20H23NO5. The van der Waals surface area contributed by atoms with Gasteiger partial charge < -0.3 is 19.5 Å². The van der Waals surface area contributed by atoms with Crippen LogP contribution >= 0.6 is 0 Å². The number of rotatable bonds is 1. The Labute approximate surface area is 152 Å². The lowest BCUT2D eigenvalue weighted by Gasteiger charge is -2.61. The normalized spacial score (nSPS) is 36.4. The smallest absolute Gasteiger partial charge is 0.410 e. The average Bonchev–Trinajstić information content (AvgIpc) is 2.96. The molecule has 4 unspecified atom stereocenters. The van der Waals surface area contributed by atoms with Crippen LogP contribution in [0.3, 0.4) is 0 Å². The maximum atomic E-state index is 12.8. The summed E-state index contributed by atoms with van der Waals surface area (Å²) in [5.41, 5.74) is 1.17. The standard InChI is InChI=1S/C20H23NO5/c1-3-25-18(23)21-9-8-19-15-12-5-4-11(2)16(15)26-17(19)13(22)6-7-20(19,24)14(21)10-12/h4-5,14,17,24H,3,6-10H2,1-2H3. The van der Waals surface area contributed by atoms with Gasteiger partial charge in [-0.25, -0.2) is 4.79 Å². The van der Waals surface area contributed by atoms with Gasteiger partial charge in [0.1, 0.15) is 5.75 Å². The predicted octanol–water partition coefficient (Wildman–Crippen LogP) is 1.87. The molecule has 1 saturated heterocycles. The number of ether oxygens (including phenoxy) is 2. The van der Waals surface area contributed by atoms with Gasteiger partial charge in [0.25, 0.3) is 0 Å². The lowest BCUT2D eigenvalue weighted by atomic mass is 9.49. The van der Waals surface area contributed by atoms with Crippen molar-refractivity contribution in [1.82, 2.24) is 4.90 Å². The fourth-order valence-electron chi connectivity index (χ4n) is 5.90. The van der Waals surface area contributed by atoms with Crippen LogP contribution in [0.2, 0.25) is 0 Å². The van der Waals surface area contributed by atoms with Gasteiger partial charge in [0.05, 0.1) is 23.7 Å². The van der Waals surface area contributed by atoms with E-state index in [2.05, 4.69) is 6.07 Å². The van der Waals surface area contributed by atoms with Gasteiger partial charge in [0.2, 0.25) is 0 Å². The molecule has 2 aliphatic heterocycles. The van der Waals surface area contributed by atoms with Crippen LogP contribution in [0, 0.1) is 6.92 Å². The van der Waals surface area contributed by atoms with Crippen LogP contribution in [0.4, 0.5) is 4.79 Å².